The minimum atomic E-state index is -0.850. The summed E-state index contributed by atoms with van der Waals surface area (Å²) in [5, 5.41) is 5.11. The van der Waals surface area contributed by atoms with Crippen molar-refractivity contribution >= 4 is 22.4 Å². The van der Waals surface area contributed by atoms with Gasteiger partial charge in [-0.05, 0) is 48.3 Å². The molecule has 4 rings (SSSR count). The van der Waals surface area contributed by atoms with E-state index < -0.39 is 28.9 Å². The number of amidine groups is 1. The Morgan fingerprint density at radius 3 is 2.44 bits per heavy atom. The van der Waals surface area contributed by atoms with Crippen molar-refractivity contribution in [1.82, 2.24) is 14.5 Å². The van der Waals surface area contributed by atoms with Gasteiger partial charge >= 0.3 is 51.4 Å². The Morgan fingerprint density at radius 2 is 1.83 bits per heavy atom. The Hall–Kier alpha value is -2.37. The maximum atomic E-state index is 14.9. The molecule has 7 nitrogen and oxygen atoms in total. The number of nitrogens with zero attached hydrogens (tertiary/aromatic N) is 4. The predicted molar refractivity (Wildman–Crippen MR) is 137 cm³/mol. The summed E-state index contributed by atoms with van der Waals surface area (Å²) in [6, 6.07) is 9.95. The Labute approximate surface area is 251 Å². The summed E-state index contributed by atoms with van der Waals surface area (Å²) >= 11 is 0. The Kier molecular flexibility index (Phi) is 11.0. The van der Waals surface area contributed by atoms with Crippen LogP contribution < -0.4 is 62.7 Å². The Balaban J connectivity index is 0.00000148. The van der Waals surface area contributed by atoms with E-state index in [0.29, 0.717) is 40.0 Å². The zero-order valence-corrected chi connectivity index (χ0v) is 24.6. The number of hydrogen-bond acceptors (Lipinski definition) is 3. The smallest absolute Gasteiger partial charge is 0.467 e. The molecule has 184 valence electrons. The van der Waals surface area contributed by atoms with E-state index >= 15 is 0 Å². The van der Waals surface area contributed by atoms with Crippen LogP contribution in [-0.4, -0.2) is 27.4 Å². The summed E-state index contributed by atoms with van der Waals surface area (Å²) in [5.41, 5.74) is 6.63. The fourth-order valence-corrected chi connectivity index (χ4v) is 3.98. The van der Waals surface area contributed by atoms with E-state index in [9.17, 15) is 13.6 Å². The van der Waals surface area contributed by atoms with Crippen molar-refractivity contribution in [2.75, 3.05) is 7.05 Å². The van der Waals surface area contributed by atoms with Gasteiger partial charge in [-0.3, -0.25) is 19.3 Å². The molecular formula is C26H29F2KN6O. The van der Waals surface area contributed by atoms with Crippen molar-refractivity contribution in [2.45, 2.75) is 40.2 Å². The van der Waals surface area contributed by atoms with Crippen molar-refractivity contribution in [3.8, 4) is 5.69 Å². The molecule has 4 aromatic rings. The molecule has 3 N–H and O–H groups in total. The van der Waals surface area contributed by atoms with Crippen LogP contribution in [0.5, 0.6) is 0 Å². The van der Waals surface area contributed by atoms with Crippen LogP contribution in [0.2, 0.25) is 0 Å². The monoisotopic (exact) mass is 518 g/mol. The molecule has 0 bridgehead atoms. The zero-order chi connectivity index (χ0) is 25.7. The van der Waals surface area contributed by atoms with Crippen molar-refractivity contribution in [2.24, 2.45) is 10.7 Å². The van der Waals surface area contributed by atoms with Gasteiger partial charge in [0.2, 0.25) is 0 Å². The molecular weight excluding hydrogens is 489 g/mol. The minimum absolute atomic E-state index is 0. The summed E-state index contributed by atoms with van der Waals surface area (Å²) in [4.78, 5) is 25.2. The molecule has 0 saturated carbocycles. The fraction of sp³-hybridized carbons (Fsp3) is 0.269. The third-order valence-corrected chi connectivity index (χ3v) is 5.55. The van der Waals surface area contributed by atoms with Gasteiger partial charge in [0.25, 0.3) is 5.56 Å². The standard InChI is InChI=1S/C24H23F2N6O.C2H6.K/c1-4-17(31-22(27)20-23(28-3)30-12-29-20)18-11-14-8-5-7-13(2)19(14)24(33)32(18)21-15(25)9-6-10-16(21)26;1-2;/h5-12,17H,4H2,1-3H3,(H3-,27,28,29,30,31);1-2H3;/q-1;;+1. The normalized spacial score (nSPS) is 11.9. The zero-order valence-electron chi connectivity index (χ0n) is 21.4. The van der Waals surface area contributed by atoms with Crippen LogP contribution >= 0.6 is 0 Å². The van der Waals surface area contributed by atoms with Crippen LogP contribution in [0.3, 0.4) is 0 Å². The number of H-pyrrole nitrogens is 1. The number of fused-ring (bicyclic) bond motifs is 1. The molecule has 2 aromatic carbocycles. The molecule has 0 aliphatic carbocycles. The number of nitrogens with two attached hydrogens (primary N) is 1. The molecule has 0 amide bonds. The molecule has 0 saturated heterocycles. The number of para-hydroxylation sites is 1. The number of aromatic amines is 1. The SMILES string of the molecule is CC.CCC(N=C(N)c1nc[nH]c1[N-]C)c1cc2cccc(C)c2c(=O)n1-c1c(F)cccc1F.[K+]. The average Bonchev–Trinajstić information content (AvgIpc) is 3.34. The van der Waals surface area contributed by atoms with Crippen LogP contribution in [-0.2, 0) is 0 Å². The molecule has 10 heteroatoms. The third-order valence-electron chi connectivity index (χ3n) is 5.55. The molecule has 0 spiro atoms. The van der Waals surface area contributed by atoms with E-state index in [0.717, 1.165) is 16.7 Å². The second-order valence-corrected chi connectivity index (χ2v) is 7.58. The first-order valence-corrected chi connectivity index (χ1v) is 11.4. The molecule has 0 radical (unpaired) electrons. The van der Waals surface area contributed by atoms with Crippen molar-refractivity contribution in [3.05, 3.63) is 93.0 Å². The van der Waals surface area contributed by atoms with Crippen molar-refractivity contribution in [1.29, 1.82) is 0 Å². The summed E-state index contributed by atoms with van der Waals surface area (Å²) in [7, 11) is 1.59. The molecule has 1 unspecified atom stereocenters. The molecule has 1 atom stereocenters. The number of aromatic nitrogens is 3. The van der Waals surface area contributed by atoms with E-state index in [2.05, 4.69) is 20.3 Å². The molecule has 36 heavy (non-hydrogen) atoms. The van der Waals surface area contributed by atoms with Gasteiger partial charge in [0.1, 0.15) is 28.9 Å². The van der Waals surface area contributed by atoms with E-state index in [4.69, 9.17) is 5.73 Å². The number of rotatable bonds is 6. The number of hydrogen-bond donors (Lipinski definition) is 2. The van der Waals surface area contributed by atoms with E-state index in [-0.39, 0.29) is 57.2 Å². The first kappa shape index (κ1) is 29.9. The van der Waals surface area contributed by atoms with Crippen LogP contribution in [0.25, 0.3) is 21.8 Å². The first-order valence-electron chi connectivity index (χ1n) is 11.4. The summed E-state index contributed by atoms with van der Waals surface area (Å²) in [6.45, 7) is 7.64. The third kappa shape index (κ3) is 5.78. The van der Waals surface area contributed by atoms with E-state index in [1.54, 1.807) is 32.2 Å². The molecule has 2 heterocycles. The summed E-state index contributed by atoms with van der Waals surface area (Å²) in [5.74, 6) is -1.14. The number of aryl methyl sites for hydroxylation is 1. The molecule has 0 aliphatic heterocycles. The number of imidazole rings is 1. The Morgan fingerprint density at radius 1 is 1.19 bits per heavy atom. The average molecular weight is 519 g/mol. The van der Waals surface area contributed by atoms with Gasteiger partial charge in [-0.2, -0.15) is 0 Å². The molecule has 0 aliphatic rings. The van der Waals surface area contributed by atoms with Gasteiger partial charge in [0, 0.05) is 6.33 Å². The van der Waals surface area contributed by atoms with Gasteiger partial charge in [-0.25, -0.2) is 8.78 Å². The second kappa shape index (κ2) is 13.3. The summed E-state index contributed by atoms with van der Waals surface area (Å²) < 4.78 is 30.8. The number of nitrogens with one attached hydrogen (secondary N) is 1. The predicted octanol–water partition coefficient (Wildman–Crippen LogP) is 2.82. The quantitative estimate of drug-likeness (QED) is 0.233. The van der Waals surface area contributed by atoms with Crippen LogP contribution in [0.1, 0.15) is 50.2 Å². The van der Waals surface area contributed by atoms with Crippen LogP contribution in [0, 0.1) is 18.6 Å². The van der Waals surface area contributed by atoms with Crippen LogP contribution in [0.15, 0.2) is 58.6 Å². The maximum Gasteiger partial charge on any atom is 1.00 e. The molecule has 2 aromatic heterocycles. The minimum Gasteiger partial charge on any atom is -0.467 e. The van der Waals surface area contributed by atoms with Crippen LogP contribution in [0.4, 0.5) is 14.6 Å². The van der Waals surface area contributed by atoms with Crippen molar-refractivity contribution < 1.29 is 60.2 Å². The molecule has 0 fully saturated rings. The van der Waals surface area contributed by atoms with Crippen molar-refractivity contribution in [3.63, 3.8) is 0 Å². The van der Waals surface area contributed by atoms with Gasteiger partial charge in [-0.1, -0.05) is 52.1 Å². The van der Waals surface area contributed by atoms with E-state index in [1.165, 1.54) is 12.4 Å². The topological polar surface area (TPSA) is 103 Å². The second-order valence-electron chi connectivity index (χ2n) is 7.58. The Bertz CT molecular complexity index is 1410. The number of aliphatic imine (C=N–C) groups is 1. The number of halogens is 2. The largest absolute Gasteiger partial charge is 1.00 e. The maximum absolute atomic E-state index is 14.9. The van der Waals surface area contributed by atoms with E-state index in [1.807, 2.05) is 26.8 Å². The van der Waals surface area contributed by atoms with Gasteiger partial charge in [0.15, 0.2) is 0 Å². The van der Waals surface area contributed by atoms with Gasteiger partial charge < -0.3 is 16.0 Å². The summed E-state index contributed by atoms with van der Waals surface area (Å²) in [6.07, 6.45) is 1.86. The fourth-order valence-electron chi connectivity index (χ4n) is 3.98. The number of benzene rings is 2. The van der Waals surface area contributed by atoms with Gasteiger partial charge in [0.05, 0.1) is 17.1 Å². The number of pyridine rings is 1. The first-order chi connectivity index (χ1) is 16.9. The van der Waals surface area contributed by atoms with Gasteiger partial charge in [-0.15, -0.1) is 0 Å².